The zero-order valence-electron chi connectivity index (χ0n) is 14.5. The Balaban J connectivity index is 1.74. The highest BCUT2D eigenvalue weighted by molar-refractivity contribution is 5.76. The van der Waals surface area contributed by atoms with Crippen LogP contribution in [0.5, 0.6) is 0 Å². The maximum Gasteiger partial charge on any atom is 0.261 e. The average molecular weight is 369 g/mol. The molecule has 1 aromatic heterocycles. The molecule has 0 aliphatic carbocycles. The minimum atomic E-state index is -0.982. The molecule has 1 atom stereocenters. The third-order valence-corrected chi connectivity index (χ3v) is 4.12. The number of hydrogen-bond donors (Lipinski definition) is 1. The van der Waals surface area contributed by atoms with Gasteiger partial charge in [0.25, 0.3) is 5.56 Å². The lowest BCUT2D eigenvalue weighted by molar-refractivity contribution is -0.122. The first-order valence-electron chi connectivity index (χ1n) is 8.30. The molecule has 0 saturated carbocycles. The molecule has 0 spiro atoms. The van der Waals surface area contributed by atoms with E-state index in [1.165, 1.54) is 23.2 Å². The van der Waals surface area contributed by atoms with Crippen LogP contribution in [0.15, 0.2) is 65.8 Å². The summed E-state index contributed by atoms with van der Waals surface area (Å²) in [5, 5.41) is 2.66. The lowest BCUT2D eigenvalue weighted by Gasteiger charge is -2.15. The summed E-state index contributed by atoms with van der Waals surface area (Å²) in [7, 11) is 0. The number of nitrogens with zero attached hydrogens (tertiary/aromatic N) is 2. The van der Waals surface area contributed by atoms with E-state index in [0.717, 1.165) is 12.1 Å². The molecule has 0 saturated heterocycles. The number of nitrogens with one attached hydrogen (secondary N) is 1. The molecule has 0 aliphatic rings. The van der Waals surface area contributed by atoms with Gasteiger partial charge in [-0.15, -0.1) is 0 Å². The van der Waals surface area contributed by atoms with E-state index in [4.69, 9.17) is 0 Å². The van der Waals surface area contributed by atoms with E-state index in [2.05, 4.69) is 10.3 Å². The predicted octanol–water partition coefficient (Wildman–Crippen LogP) is 3.07. The SMILES string of the molecule is C[C@H](NC(=O)Cn1cncc(-c2ccccc2)c1=O)c1ccc(F)c(F)c1. The van der Waals surface area contributed by atoms with Crippen LogP contribution in [0.4, 0.5) is 8.78 Å². The second-order valence-electron chi connectivity index (χ2n) is 6.07. The van der Waals surface area contributed by atoms with Gasteiger partial charge in [-0.05, 0) is 30.2 Å². The number of amides is 1. The molecule has 3 rings (SSSR count). The summed E-state index contributed by atoms with van der Waals surface area (Å²) >= 11 is 0. The molecular formula is C20H17F2N3O2. The maximum absolute atomic E-state index is 13.3. The second-order valence-corrected chi connectivity index (χ2v) is 6.07. The highest BCUT2D eigenvalue weighted by Crippen LogP contribution is 2.16. The third kappa shape index (κ3) is 4.25. The van der Waals surface area contributed by atoms with Gasteiger partial charge in [-0.1, -0.05) is 36.4 Å². The van der Waals surface area contributed by atoms with Gasteiger partial charge in [-0.25, -0.2) is 13.8 Å². The fraction of sp³-hybridized carbons (Fsp3) is 0.150. The topological polar surface area (TPSA) is 64.0 Å². The van der Waals surface area contributed by atoms with Crippen LogP contribution >= 0.6 is 0 Å². The van der Waals surface area contributed by atoms with Crippen LogP contribution in [-0.4, -0.2) is 15.5 Å². The molecule has 5 nitrogen and oxygen atoms in total. The van der Waals surface area contributed by atoms with E-state index in [9.17, 15) is 18.4 Å². The van der Waals surface area contributed by atoms with Crippen LogP contribution in [0.25, 0.3) is 11.1 Å². The van der Waals surface area contributed by atoms with Crippen LogP contribution in [0.2, 0.25) is 0 Å². The zero-order valence-corrected chi connectivity index (χ0v) is 14.5. The van der Waals surface area contributed by atoms with Gasteiger partial charge in [-0.3, -0.25) is 14.2 Å². The number of aromatic nitrogens is 2. The van der Waals surface area contributed by atoms with Gasteiger partial charge in [0.1, 0.15) is 6.54 Å². The predicted molar refractivity (Wildman–Crippen MR) is 96.8 cm³/mol. The Labute approximate surface area is 154 Å². The number of benzene rings is 2. The van der Waals surface area contributed by atoms with Gasteiger partial charge in [-0.2, -0.15) is 0 Å². The van der Waals surface area contributed by atoms with E-state index in [1.54, 1.807) is 19.1 Å². The van der Waals surface area contributed by atoms with Crippen molar-refractivity contribution in [1.82, 2.24) is 14.9 Å². The average Bonchev–Trinajstić information content (AvgIpc) is 2.66. The molecule has 1 amide bonds. The van der Waals surface area contributed by atoms with E-state index in [0.29, 0.717) is 16.7 Å². The Morgan fingerprint density at radius 3 is 2.59 bits per heavy atom. The van der Waals surface area contributed by atoms with Gasteiger partial charge in [0, 0.05) is 6.20 Å². The van der Waals surface area contributed by atoms with E-state index < -0.39 is 23.6 Å². The van der Waals surface area contributed by atoms with E-state index in [1.807, 2.05) is 18.2 Å². The smallest absolute Gasteiger partial charge is 0.261 e. The first kappa shape index (κ1) is 18.4. The van der Waals surface area contributed by atoms with E-state index >= 15 is 0 Å². The van der Waals surface area contributed by atoms with Gasteiger partial charge in [0.2, 0.25) is 5.91 Å². The molecule has 0 aliphatic heterocycles. The molecule has 3 aromatic rings. The van der Waals surface area contributed by atoms with Crippen molar-refractivity contribution in [3.05, 3.63) is 88.6 Å². The largest absolute Gasteiger partial charge is 0.348 e. The lowest BCUT2D eigenvalue weighted by atomic mass is 10.1. The van der Waals surface area contributed by atoms with Crippen molar-refractivity contribution in [3.8, 4) is 11.1 Å². The Morgan fingerprint density at radius 1 is 1.15 bits per heavy atom. The van der Waals surface area contributed by atoms with Crippen LogP contribution in [0.3, 0.4) is 0 Å². The second kappa shape index (κ2) is 7.90. The minimum Gasteiger partial charge on any atom is -0.348 e. The normalized spacial score (nSPS) is 11.8. The summed E-state index contributed by atoms with van der Waals surface area (Å²) in [6, 6.07) is 11.9. The van der Waals surface area contributed by atoms with Gasteiger partial charge < -0.3 is 5.32 Å². The molecule has 0 fully saturated rings. The van der Waals surface area contributed by atoms with Gasteiger partial charge in [0.15, 0.2) is 11.6 Å². The molecule has 0 bridgehead atoms. The van der Waals surface area contributed by atoms with E-state index in [-0.39, 0.29) is 12.1 Å². The van der Waals surface area contributed by atoms with Crippen molar-refractivity contribution in [3.63, 3.8) is 0 Å². The van der Waals surface area contributed by atoms with Crippen molar-refractivity contribution in [2.75, 3.05) is 0 Å². The van der Waals surface area contributed by atoms with Crippen LogP contribution < -0.4 is 10.9 Å². The molecule has 0 radical (unpaired) electrons. The highest BCUT2D eigenvalue weighted by atomic mass is 19.2. The summed E-state index contributed by atoms with van der Waals surface area (Å²) < 4.78 is 27.6. The maximum atomic E-state index is 13.3. The molecule has 138 valence electrons. The van der Waals surface area contributed by atoms with Gasteiger partial charge in [0.05, 0.1) is 17.9 Å². The number of carbonyl (C=O) groups is 1. The van der Waals surface area contributed by atoms with Crippen molar-refractivity contribution in [2.24, 2.45) is 0 Å². The summed E-state index contributed by atoms with van der Waals surface area (Å²) in [4.78, 5) is 28.9. The first-order valence-corrected chi connectivity index (χ1v) is 8.30. The highest BCUT2D eigenvalue weighted by Gasteiger charge is 2.14. The third-order valence-electron chi connectivity index (χ3n) is 4.12. The number of rotatable bonds is 5. The molecule has 7 heteroatoms. The van der Waals surface area contributed by atoms with Gasteiger partial charge >= 0.3 is 0 Å². The standard InChI is InChI=1S/C20H17F2N3O2/c1-13(15-7-8-17(21)18(22)9-15)24-19(26)11-25-12-23-10-16(20(25)27)14-5-3-2-4-6-14/h2-10,12-13H,11H2,1H3,(H,24,26)/t13-/m0/s1. The molecule has 2 aromatic carbocycles. The number of hydrogen-bond acceptors (Lipinski definition) is 3. The van der Waals surface area contributed by atoms with Crippen LogP contribution in [-0.2, 0) is 11.3 Å². The van der Waals surface area contributed by atoms with Crippen molar-refractivity contribution < 1.29 is 13.6 Å². The Kier molecular flexibility index (Phi) is 5.40. The lowest BCUT2D eigenvalue weighted by Crippen LogP contribution is -2.34. The molecule has 1 heterocycles. The van der Waals surface area contributed by atoms with Crippen molar-refractivity contribution in [2.45, 2.75) is 19.5 Å². The zero-order chi connectivity index (χ0) is 19.4. The molecule has 1 N–H and O–H groups in total. The van der Waals surface area contributed by atoms with Crippen LogP contribution in [0, 0.1) is 11.6 Å². The van der Waals surface area contributed by atoms with Crippen molar-refractivity contribution in [1.29, 1.82) is 0 Å². The monoisotopic (exact) mass is 369 g/mol. The van der Waals surface area contributed by atoms with Crippen LogP contribution in [0.1, 0.15) is 18.5 Å². The summed E-state index contributed by atoms with van der Waals surface area (Å²) in [6.45, 7) is 1.41. The Morgan fingerprint density at radius 2 is 1.89 bits per heavy atom. The van der Waals surface area contributed by atoms with Crippen molar-refractivity contribution >= 4 is 5.91 Å². The fourth-order valence-corrected chi connectivity index (χ4v) is 2.69. The number of halogens is 2. The summed E-state index contributed by atoms with van der Waals surface area (Å²) in [5.74, 6) is -2.38. The Bertz CT molecular complexity index is 1020. The fourth-order valence-electron chi connectivity index (χ4n) is 2.69. The minimum absolute atomic E-state index is 0.236. The Hall–Kier alpha value is -3.35. The summed E-state index contributed by atoms with van der Waals surface area (Å²) in [5.41, 5.74) is 1.18. The number of carbonyl (C=O) groups excluding carboxylic acids is 1. The molecule has 0 unspecified atom stereocenters. The summed E-state index contributed by atoms with van der Waals surface area (Å²) in [6.07, 6.45) is 2.74. The first-order chi connectivity index (χ1) is 13.0. The molecular weight excluding hydrogens is 352 g/mol. The quantitative estimate of drug-likeness (QED) is 0.752. The molecule has 27 heavy (non-hydrogen) atoms.